The molecule has 0 aliphatic heterocycles. The summed E-state index contributed by atoms with van der Waals surface area (Å²) in [5, 5.41) is 0. The van der Waals surface area contributed by atoms with Crippen LogP contribution in [0.5, 0.6) is 0 Å². The van der Waals surface area contributed by atoms with Gasteiger partial charge in [-0.05, 0) is 0 Å². The summed E-state index contributed by atoms with van der Waals surface area (Å²) in [6.45, 7) is 0. The summed E-state index contributed by atoms with van der Waals surface area (Å²) in [5.41, 5.74) is 0. The Morgan fingerprint density at radius 1 is 1.17 bits per heavy atom. The second kappa shape index (κ2) is 2.02. The average molecular weight is 146 g/mol. The summed E-state index contributed by atoms with van der Waals surface area (Å²) >= 11 is 1.94. The Balaban J connectivity index is 2.18. The van der Waals surface area contributed by atoms with Crippen LogP contribution in [0.2, 0.25) is 4.71 Å². The monoisotopic (exact) mass is 146 g/mol. The molecule has 36 valence electrons. The van der Waals surface area contributed by atoms with E-state index < -0.39 is 0 Å². The molecule has 0 aromatic heterocycles. The van der Waals surface area contributed by atoms with Crippen LogP contribution in [-0.2, 0) is 0 Å². The van der Waals surface area contributed by atoms with E-state index in [1.807, 2.05) is 16.9 Å². The van der Waals surface area contributed by atoms with Gasteiger partial charge in [0.05, 0.1) is 0 Å². The van der Waals surface area contributed by atoms with Crippen LogP contribution in [0.4, 0.5) is 0 Å². The molecule has 1 aliphatic rings. The molecule has 1 fully saturated rings. The molecule has 1 aliphatic carbocycles. The second-order valence-corrected chi connectivity index (χ2v) is 4.02. The van der Waals surface area contributed by atoms with Gasteiger partial charge in [0.1, 0.15) is 0 Å². The third-order valence-corrected chi connectivity index (χ3v) is 2.80. The van der Waals surface area contributed by atoms with Crippen molar-refractivity contribution in [1.82, 2.24) is 0 Å². The van der Waals surface area contributed by atoms with Gasteiger partial charge in [-0.25, -0.2) is 0 Å². The van der Waals surface area contributed by atoms with E-state index in [9.17, 15) is 0 Å². The predicted octanol–water partition coefficient (Wildman–Crippen LogP) is 0.982. The standard InChI is InChI=1S/C5H11As/c6-5-3-1-2-4-5/h5H,1-4,6H2. The SMILES string of the molecule is [AsH2]C1CCCC1. The van der Waals surface area contributed by atoms with E-state index in [0.717, 1.165) is 4.71 Å². The van der Waals surface area contributed by atoms with Crippen molar-refractivity contribution in [2.75, 3.05) is 0 Å². The Morgan fingerprint density at radius 2 is 1.67 bits per heavy atom. The molecule has 1 heteroatoms. The van der Waals surface area contributed by atoms with E-state index in [0.29, 0.717) is 0 Å². The Bertz CT molecular complexity index is 37.2. The van der Waals surface area contributed by atoms with Crippen molar-refractivity contribution in [2.24, 2.45) is 0 Å². The fourth-order valence-corrected chi connectivity index (χ4v) is 1.95. The van der Waals surface area contributed by atoms with Crippen molar-refractivity contribution >= 4 is 16.9 Å². The Hall–Kier alpha value is 0.558. The zero-order valence-corrected chi connectivity index (χ0v) is 6.41. The van der Waals surface area contributed by atoms with E-state index >= 15 is 0 Å². The zero-order valence-electron chi connectivity index (χ0n) is 3.98. The fourth-order valence-electron chi connectivity index (χ4n) is 0.957. The van der Waals surface area contributed by atoms with Crippen LogP contribution < -0.4 is 0 Å². The molecule has 0 heterocycles. The molecule has 0 nitrogen and oxygen atoms in total. The minimum absolute atomic E-state index is 1.11. The zero-order chi connectivity index (χ0) is 4.41. The first-order chi connectivity index (χ1) is 2.89. The third-order valence-electron chi connectivity index (χ3n) is 1.40. The maximum absolute atomic E-state index is 1.94. The van der Waals surface area contributed by atoms with Gasteiger partial charge in [-0.15, -0.1) is 0 Å². The van der Waals surface area contributed by atoms with E-state index in [1.165, 1.54) is 25.7 Å². The Morgan fingerprint density at radius 3 is 1.83 bits per heavy atom. The molecule has 6 heavy (non-hydrogen) atoms. The molecule has 0 amide bonds. The second-order valence-electron chi connectivity index (χ2n) is 2.04. The van der Waals surface area contributed by atoms with Crippen molar-refractivity contribution < 1.29 is 0 Å². The molecule has 0 bridgehead atoms. The van der Waals surface area contributed by atoms with E-state index in [1.54, 1.807) is 0 Å². The van der Waals surface area contributed by atoms with E-state index in [4.69, 9.17) is 0 Å². The van der Waals surface area contributed by atoms with E-state index in [2.05, 4.69) is 0 Å². The molecule has 1 saturated carbocycles. The quantitative estimate of drug-likeness (QED) is 0.447. The van der Waals surface area contributed by atoms with Crippen LogP contribution in [-0.4, -0.2) is 16.9 Å². The van der Waals surface area contributed by atoms with Gasteiger partial charge >= 0.3 is 47.2 Å². The van der Waals surface area contributed by atoms with Crippen molar-refractivity contribution in [3.05, 3.63) is 0 Å². The predicted molar refractivity (Wildman–Crippen MR) is 30.8 cm³/mol. The maximum atomic E-state index is 1.94. The first-order valence-electron chi connectivity index (χ1n) is 2.65. The van der Waals surface area contributed by atoms with Crippen LogP contribution >= 0.6 is 0 Å². The van der Waals surface area contributed by atoms with Crippen LogP contribution in [0.3, 0.4) is 0 Å². The van der Waals surface area contributed by atoms with Crippen molar-refractivity contribution in [3.8, 4) is 0 Å². The summed E-state index contributed by atoms with van der Waals surface area (Å²) in [6, 6.07) is 0. The minimum atomic E-state index is 1.11. The molecule has 0 saturated heterocycles. The van der Waals surface area contributed by atoms with Gasteiger partial charge in [-0.3, -0.25) is 0 Å². The molecule has 0 radical (unpaired) electrons. The van der Waals surface area contributed by atoms with Gasteiger partial charge < -0.3 is 0 Å². The van der Waals surface area contributed by atoms with Crippen LogP contribution in [0.1, 0.15) is 25.7 Å². The molecular formula is C5H11As. The first kappa shape index (κ1) is 4.71. The van der Waals surface area contributed by atoms with Gasteiger partial charge in [0.25, 0.3) is 0 Å². The van der Waals surface area contributed by atoms with Crippen molar-refractivity contribution in [1.29, 1.82) is 0 Å². The van der Waals surface area contributed by atoms with Crippen molar-refractivity contribution in [3.63, 3.8) is 0 Å². The third kappa shape index (κ3) is 1.01. The number of hydrogen-bond donors (Lipinski definition) is 0. The van der Waals surface area contributed by atoms with Crippen LogP contribution in [0.25, 0.3) is 0 Å². The molecule has 0 aromatic rings. The summed E-state index contributed by atoms with van der Waals surface area (Å²) in [6.07, 6.45) is 6.03. The summed E-state index contributed by atoms with van der Waals surface area (Å²) < 4.78 is 1.11. The molecule has 0 spiro atoms. The van der Waals surface area contributed by atoms with Crippen LogP contribution in [0, 0.1) is 0 Å². The normalized spacial score (nSPS) is 25.5. The molecule has 0 aromatic carbocycles. The molecule has 1 rings (SSSR count). The van der Waals surface area contributed by atoms with Crippen LogP contribution in [0.15, 0.2) is 0 Å². The Labute approximate surface area is 47.8 Å². The summed E-state index contributed by atoms with van der Waals surface area (Å²) in [4.78, 5) is 0. The van der Waals surface area contributed by atoms with Gasteiger partial charge in [-0.2, -0.15) is 0 Å². The Kier molecular flexibility index (Phi) is 1.59. The molecule has 1 unspecified atom stereocenters. The first-order valence-corrected chi connectivity index (χ1v) is 4.05. The van der Waals surface area contributed by atoms with Gasteiger partial charge in [0.15, 0.2) is 0 Å². The van der Waals surface area contributed by atoms with Crippen molar-refractivity contribution in [2.45, 2.75) is 30.4 Å². The van der Waals surface area contributed by atoms with Gasteiger partial charge in [0, 0.05) is 0 Å². The molecular weight excluding hydrogens is 135 g/mol. The molecule has 1 atom stereocenters. The summed E-state index contributed by atoms with van der Waals surface area (Å²) in [5.74, 6) is 0. The fraction of sp³-hybridized carbons (Fsp3) is 1.00. The number of hydrogen-bond acceptors (Lipinski definition) is 0. The average Bonchev–Trinajstić information content (AvgIpc) is 1.86. The van der Waals surface area contributed by atoms with E-state index in [-0.39, 0.29) is 0 Å². The molecule has 0 N–H and O–H groups in total. The number of rotatable bonds is 0. The summed E-state index contributed by atoms with van der Waals surface area (Å²) in [7, 11) is 0. The van der Waals surface area contributed by atoms with Gasteiger partial charge in [0.2, 0.25) is 0 Å². The van der Waals surface area contributed by atoms with Gasteiger partial charge in [-0.1, -0.05) is 0 Å². The topological polar surface area (TPSA) is 0 Å².